The summed E-state index contributed by atoms with van der Waals surface area (Å²) in [5.41, 5.74) is 3.57. The molecular formula is C31H36FN3O5. The van der Waals surface area contributed by atoms with Crippen LogP contribution >= 0.6 is 0 Å². The monoisotopic (exact) mass is 549 g/mol. The number of esters is 1. The average Bonchev–Trinajstić information content (AvgIpc) is 2.92. The molecule has 0 radical (unpaired) electrons. The van der Waals surface area contributed by atoms with Crippen LogP contribution in [0.1, 0.15) is 42.0 Å². The molecule has 3 N–H and O–H groups in total. The summed E-state index contributed by atoms with van der Waals surface area (Å²) >= 11 is 0. The minimum atomic E-state index is -0.939. The largest absolute Gasteiger partial charge is 0.508 e. The summed E-state index contributed by atoms with van der Waals surface area (Å²) in [7, 11) is 0. The van der Waals surface area contributed by atoms with Gasteiger partial charge in [-0.15, -0.1) is 0 Å². The number of phenols is 1. The molecule has 212 valence electrons. The summed E-state index contributed by atoms with van der Waals surface area (Å²) in [6, 6.07) is 15.5. The number of nitrogens with one attached hydrogen (secondary N) is 2. The van der Waals surface area contributed by atoms with Crippen molar-refractivity contribution < 1.29 is 28.6 Å². The predicted octanol–water partition coefficient (Wildman–Crippen LogP) is 5.20. The molecular weight excluding hydrogens is 513 g/mol. The maximum absolute atomic E-state index is 13.9. The number of benzene rings is 3. The Morgan fingerprint density at radius 1 is 1.05 bits per heavy atom. The van der Waals surface area contributed by atoms with E-state index in [-0.39, 0.29) is 24.2 Å². The van der Waals surface area contributed by atoms with Crippen LogP contribution in [0, 0.1) is 19.7 Å². The first-order valence-electron chi connectivity index (χ1n) is 13.5. The van der Waals surface area contributed by atoms with Crippen LogP contribution in [0.4, 0.5) is 10.1 Å². The summed E-state index contributed by atoms with van der Waals surface area (Å²) in [5, 5.41) is 16.7. The number of ether oxygens (including phenoxy) is 2. The number of rotatable bonds is 9. The maximum atomic E-state index is 13.9. The van der Waals surface area contributed by atoms with Crippen molar-refractivity contribution in [1.82, 2.24) is 10.2 Å². The summed E-state index contributed by atoms with van der Waals surface area (Å²) in [6.45, 7) is 8.30. The highest BCUT2D eigenvalue weighted by Crippen LogP contribution is 2.34. The van der Waals surface area contributed by atoms with Crippen molar-refractivity contribution in [1.29, 1.82) is 0 Å². The molecule has 1 heterocycles. The molecule has 0 unspecified atom stereocenters. The lowest BCUT2D eigenvalue weighted by molar-refractivity contribution is -0.152. The second-order valence-electron chi connectivity index (χ2n) is 10.0. The number of aromatic hydroxyl groups is 1. The van der Waals surface area contributed by atoms with Gasteiger partial charge < -0.3 is 25.2 Å². The third-order valence-electron chi connectivity index (χ3n) is 6.92. The number of piperidine rings is 1. The van der Waals surface area contributed by atoms with Crippen molar-refractivity contribution in [2.24, 2.45) is 0 Å². The first-order valence-corrected chi connectivity index (χ1v) is 13.5. The predicted molar refractivity (Wildman–Crippen MR) is 151 cm³/mol. The quantitative estimate of drug-likeness (QED) is 0.249. The first kappa shape index (κ1) is 29.0. The molecule has 3 aromatic carbocycles. The highest BCUT2D eigenvalue weighted by molar-refractivity contribution is 6.37. The smallest absolute Gasteiger partial charge is 0.397 e. The molecule has 1 saturated heterocycles. The SMILES string of the molecule is CCOC(=O)C(=O)Nc1cc(C)c(Oc2ccc(O)c(CN(Cc3cccc(F)c3)C3CCNCC3)c2)c(C)c1. The number of hydrogen-bond donors (Lipinski definition) is 3. The van der Waals surface area contributed by atoms with Gasteiger partial charge in [0, 0.05) is 30.4 Å². The Bertz CT molecular complexity index is 1330. The van der Waals surface area contributed by atoms with Crippen LogP contribution in [0.3, 0.4) is 0 Å². The van der Waals surface area contributed by atoms with Gasteiger partial charge >= 0.3 is 11.9 Å². The van der Waals surface area contributed by atoms with Gasteiger partial charge in [0.1, 0.15) is 23.1 Å². The fourth-order valence-electron chi connectivity index (χ4n) is 5.01. The van der Waals surface area contributed by atoms with E-state index in [9.17, 15) is 19.1 Å². The zero-order valence-corrected chi connectivity index (χ0v) is 23.1. The number of aryl methyl sites for hydroxylation is 2. The van der Waals surface area contributed by atoms with Gasteiger partial charge in [-0.2, -0.15) is 0 Å². The lowest BCUT2D eigenvalue weighted by atomic mass is 10.0. The normalized spacial score (nSPS) is 13.7. The summed E-state index contributed by atoms with van der Waals surface area (Å²) in [6.07, 6.45) is 1.92. The van der Waals surface area contributed by atoms with E-state index in [1.165, 1.54) is 6.07 Å². The van der Waals surface area contributed by atoms with E-state index >= 15 is 0 Å². The van der Waals surface area contributed by atoms with Gasteiger partial charge in [0.05, 0.1) is 6.61 Å². The van der Waals surface area contributed by atoms with Gasteiger partial charge in [-0.25, -0.2) is 9.18 Å². The minimum absolute atomic E-state index is 0.117. The van der Waals surface area contributed by atoms with E-state index in [1.807, 2.05) is 26.0 Å². The molecule has 1 aliphatic rings. The minimum Gasteiger partial charge on any atom is -0.508 e. The van der Waals surface area contributed by atoms with Gasteiger partial charge in [-0.05, 0) is 106 Å². The van der Waals surface area contributed by atoms with Gasteiger partial charge in [-0.3, -0.25) is 9.69 Å². The van der Waals surface area contributed by atoms with Crippen LogP contribution in [0.25, 0.3) is 0 Å². The average molecular weight is 550 g/mol. The van der Waals surface area contributed by atoms with Crippen molar-refractivity contribution >= 4 is 17.6 Å². The van der Waals surface area contributed by atoms with Gasteiger partial charge in [0.15, 0.2) is 0 Å². The molecule has 40 heavy (non-hydrogen) atoms. The molecule has 0 atom stereocenters. The van der Waals surface area contributed by atoms with E-state index in [2.05, 4.69) is 15.5 Å². The topological polar surface area (TPSA) is 100 Å². The molecule has 1 fully saturated rings. The Kier molecular flexibility index (Phi) is 9.74. The van der Waals surface area contributed by atoms with Gasteiger partial charge in [0.2, 0.25) is 0 Å². The molecule has 8 nitrogen and oxygen atoms in total. The molecule has 0 spiro atoms. The fraction of sp³-hybridized carbons (Fsp3) is 0.355. The van der Waals surface area contributed by atoms with E-state index in [4.69, 9.17) is 9.47 Å². The van der Waals surface area contributed by atoms with Crippen LogP contribution in [0.15, 0.2) is 54.6 Å². The summed E-state index contributed by atoms with van der Waals surface area (Å²) in [5.74, 6) is -0.715. The Balaban J connectivity index is 1.53. The first-order chi connectivity index (χ1) is 19.2. The Morgan fingerprint density at radius 2 is 1.77 bits per heavy atom. The molecule has 3 aromatic rings. The van der Waals surface area contributed by atoms with Crippen molar-refractivity contribution in [2.45, 2.75) is 52.7 Å². The molecule has 0 bridgehead atoms. The standard InChI is InChI=1S/C31H36FN3O5/c1-4-39-31(38)30(37)34-25-14-20(2)29(21(3)15-25)40-27-8-9-28(36)23(17-27)19-35(26-10-12-33-13-11-26)18-22-6-5-7-24(32)16-22/h5-9,14-17,26,33,36H,4,10-13,18-19H2,1-3H3,(H,34,37). The number of halogens is 1. The van der Waals surface area contributed by atoms with Crippen molar-refractivity contribution in [3.63, 3.8) is 0 Å². The molecule has 1 amide bonds. The third-order valence-corrected chi connectivity index (χ3v) is 6.92. The number of carbonyl (C=O) groups excluding carboxylic acids is 2. The Labute approximate surface area is 234 Å². The number of anilines is 1. The molecule has 0 aliphatic carbocycles. The number of phenolic OH excluding ortho intramolecular Hbond substituents is 1. The number of hydrogen-bond acceptors (Lipinski definition) is 7. The van der Waals surface area contributed by atoms with Crippen LogP contribution in [0.2, 0.25) is 0 Å². The third kappa shape index (κ3) is 7.58. The van der Waals surface area contributed by atoms with Crippen molar-refractivity contribution in [3.05, 3.63) is 82.7 Å². The maximum Gasteiger partial charge on any atom is 0.397 e. The summed E-state index contributed by atoms with van der Waals surface area (Å²) in [4.78, 5) is 26.0. The Morgan fingerprint density at radius 3 is 2.45 bits per heavy atom. The lowest BCUT2D eigenvalue weighted by Gasteiger charge is -2.35. The lowest BCUT2D eigenvalue weighted by Crippen LogP contribution is -2.42. The van der Waals surface area contributed by atoms with E-state index < -0.39 is 11.9 Å². The van der Waals surface area contributed by atoms with E-state index in [0.717, 1.165) is 42.6 Å². The van der Waals surface area contributed by atoms with Crippen molar-refractivity contribution in [3.8, 4) is 17.2 Å². The number of carbonyl (C=O) groups is 2. The molecule has 9 heteroatoms. The number of nitrogens with zero attached hydrogens (tertiary/aromatic N) is 1. The second kappa shape index (κ2) is 13.4. The van der Waals surface area contributed by atoms with Crippen LogP contribution < -0.4 is 15.4 Å². The zero-order chi connectivity index (χ0) is 28.6. The number of amides is 1. The van der Waals surface area contributed by atoms with Crippen LogP contribution in [0.5, 0.6) is 17.2 Å². The van der Waals surface area contributed by atoms with Crippen LogP contribution in [-0.4, -0.2) is 47.6 Å². The van der Waals surface area contributed by atoms with E-state index in [0.29, 0.717) is 35.8 Å². The molecule has 4 rings (SSSR count). The van der Waals surface area contributed by atoms with Gasteiger partial charge in [-0.1, -0.05) is 12.1 Å². The molecule has 1 aliphatic heterocycles. The van der Waals surface area contributed by atoms with Crippen molar-refractivity contribution in [2.75, 3.05) is 25.0 Å². The van der Waals surface area contributed by atoms with Gasteiger partial charge in [0.25, 0.3) is 0 Å². The van der Waals surface area contributed by atoms with E-state index in [1.54, 1.807) is 43.3 Å². The van der Waals surface area contributed by atoms with Crippen LogP contribution in [-0.2, 0) is 27.4 Å². The molecule has 0 saturated carbocycles. The second-order valence-corrected chi connectivity index (χ2v) is 10.0. The highest BCUT2D eigenvalue weighted by atomic mass is 19.1. The Hall–Kier alpha value is -3.95. The zero-order valence-electron chi connectivity index (χ0n) is 23.1. The summed E-state index contributed by atoms with van der Waals surface area (Å²) < 4.78 is 24.9. The molecule has 0 aromatic heterocycles. The highest BCUT2D eigenvalue weighted by Gasteiger charge is 2.23. The fourth-order valence-corrected chi connectivity index (χ4v) is 5.01.